The number of phenolic OH excluding ortho intramolecular Hbond substituents is 1. The van der Waals surface area contributed by atoms with E-state index in [2.05, 4.69) is 38.3 Å². The van der Waals surface area contributed by atoms with Crippen LogP contribution in [0.5, 0.6) is 5.75 Å². The number of aromatic hydroxyl groups is 1. The van der Waals surface area contributed by atoms with Crippen molar-refractivity contribution in [2.75, 3.05) is 11.9 Å². The van der Waals surface area contributed by atoms with Crippen LogP contribution in [0.3, 0.4) is 0 Å². The molecule has 2 aromatic carbocycles. The van der Waals surface area contributed by atoms with Crippen molar-refractivity contribution in [2.45, 2.75) is 80.6 Å². The Hall–Kier alpha value is -2.77. The van der Waals surface area contributed by atoms with Crippen LogP contribution in [0.25, 0.3) is 0 Å². The molecule has 0 saturated carbocycles. The molecule has 2 atom stereocenters. The largest absolute Gasteiger partial charge is 0.508 e. The van der Waals surface area contributed by atoms with Crippen LogP contribution in [0.15, 0.2) is 53.7 Å². The molecule has 37 heavy (non-hydrogen) atoms. The van der Waals surface area contributed by atoms with Crippen molar-refractivity contribution in [2.24, 2.45) is 16.8 Å². The summed E-state index contributed by atoms with van der Waals surface area (Å²) in [5, 5.41) is 9.72. The maximum absolute atomic E-state index is 13.2. The zero-order valence-electron chi connectivity index (χ0n) is 24.0. The Labute approximate surface area is 230 Å². The van der Waals surface area contributed by atoms with Gasteiger partial charge in [-0.05, 0) is 93.0 Å². The Morgan fingerprint density at radius 1 is 1.22 bits per heavy atom. The van der Waals surface area contributed by atoms with Gasteiger partial charge in [0, 0.05) is 29.4 Å². The minimum atomic E-state index is -0.137. The van der Waals surface area contributed by atoms with Gasteiger partial charge in [-0.1, -0.05) is 59.2 Å². The Kier molecular flexibility index (Phi) is 17.1. The number of hydrogen-bond donors (Lipinski definition) is 1. The van der Waals surface area contributed by atoms with Crippen molar-refractivity contribution in [3.8, 4) is 18.1 Å². The van der Waals surface area contributed by atoms with E-state index in [1.54, 1.807) is 19.2 Å². The molecule has 0 fully saturated rings. The van der Waals surface area contributed by atoms with E-state index in [4.69, 9.17) is 18.0 Å². The Morgan fingerprint density at radius 3 is 2.24 bits per heavy atom. The number of terminal acetylenes is 1. The molecule has 0 spiro atoms. The third-order valence-electron chi connectivity index (χ3n) is 5.88. The summed E-state index contributed by atoms with van der Waals surface area (Å²) >= 11 is 5.74. The molecule has 0 aliphatic heterocycles. The number of anilines is 1. The third-order valence-corrected chi connectivity index (χ3v) is 6.09. The summed E-state index contributed by atoms with van der Waals surface area (Å²) in [6, 6.07) is 10.2. The van der Waals surface area contributed by atoms with Crippen molar-refractivity contribution in [1.29, 1.82) is 0 Å². The molecule has 204 valence electrons. The van der Waals surface area contributed by atoms with Crippen molar-refractivity contribution >= 4 is 23.1 Å². The van der Waals surface area contributed by atoms with Crippen LogP contribution in [0.4, 0.5) is 10.1 Å². The summed E-state index contributed by atoms with van der Waals surface area (Å²) in [5.41, 5.74) is 3.80. The fraction of sp³-hybridized carbons (Fsp3) is 0.469. The van der Waals surface area contributed by atoms with Crippen LogP contribution in [0, 0.1) is 30.0 Å². The third kappa shape index (κ3) is 11.9. The monoisotopic (exact) mass is 528 g/mol. The fourth-order valence-corrected chi connectivity index (χ4v) is 4.23. The molecule has 0 aromatic heterocycles. The van der Waals surface area contributed by atoms with E-state index in [1.807, 2.05) is 50.8 Å². The molecule has 0 bridgehead atoms. The summed E-state index contributed by atoms with van der Waals surface area (Å²) in [6.07, 6.45) is 10.6. The topological polar surface area (TPSA) is 35.8 Å². The van der Waals surface area contributed by atoms with Crippen LogP contribution in [-0.2, 0) is 12.8 Å². The molecule has 1 aliphatic rings. The van der Waals surface area contributed by atoms with Crippen LogP contribution in [0.2, 0.25) is 5.02 Å². The molecule has 0 saturated heterocycles. The van der Waals surface area contributed by atoms with Gasteiger partial charge in [-0.25, -0.2) is 4.39 Å². The highest BCUT2D eigenvalue weighted by Gasteiger charge is 2.21. The second-order valence-corrected chi connectivity index (χ2v) is 9.39. The summed E-state index contributed by atoms with van der Waals surface area (Å²) in [7, 11) is 1.74. The van der Waals surface area contributed by atoms with E-state index in [9.17, 15) is 9.50 Å². The average Bonchev–Trinajstić information content (AvgIpc) is 3.26. The highest BCUT2D eigenvalue weighted by atomic mass is 35.5. The van der Waals surface area contributed by atoms with Gasteiger partial charge in [-0.3, -0.25) is 4.99 Å². The minimum absolute atomic E-state index is 0.137. The maximum atomic E-state index is 13.2. The number of hydrogen-bond acceptors (Lipinski definition) is 2. The Bertz CT molecular complexity index is 1020. The van der Waals surface area contributed by atoms with Gasteiger partial charge in [0.15, 0.2) is 0 Å². The average molecular weight is 529 g/mol. The molecule has 2 aromatic rings. The molecular weight excluding hydrogens is 483 g/mol. The van der Waals surface area contributed by atoms with E-state index >= 15 is 0 Å². The normalized spacial score (nSPS) is 14.3. The first kappa shape index (κ1) is 34.2. The first-order valence-electron chi connectivity index (χ1n) is 13.2. The Morgan fingerprint density at radius 2 is 1.81 bits per heavy atom. The van der Waals surface area contributed by atoms with E-state index in [1.165, 1.54) is 18.9 Å². The molecular formula is C32H46ClFN2O. The summed E-state index contributed by atoms with van der Waals surface area (Å²) < 4.78 is 13.2. The Balaban J connectivity index is 0.000000530. The fourth-order valence-electron chi connectivity index (χ4n) is 4.00. The van der Waals surface area contributed by atoms with Gasteiger partial charge in [0.1, 0.15) is 17.4 Å². The number of fused-ring (bicyclic) bond motifs is 1. The lowest BCUT2D eigenvalue weighted by Gasteiger charge is -2.24. The minimum Gasteiger partial charge on any atom is -0.508 e. The number of nitrogens with zero attached hydrogens (tertiary/aromatic N) is 2. The first-order valence-corrected chi connectivity index (χ1v) is 13.6. The number of benzene rings is 2. The molecule has 1 N–H and O–H groups in total. The molecule has 5 heteroatoms. The van der Waals surface area contributed by atoms with E-state index in [0.29, 0.717) is 16.9 Å². The maximum Gasteiger partial charge on any atom is 0.128 e. The molecule has 2 unspecified atom stereocenters. The number of aliphatic imine (C=N–C) groups is 1. The predicted octanol–water partition coefficient (Wildman–Crippen LogP) is 9.47. The van der Waals surface area contributed by atoms with E-state index < -0.39 is 0 Å². The zero-order chi connectivity index (χ0) is 28.5. The van der Waals surface area contributed by atoms with Gasteiger partial charge >= 0.3 is 0 Å². The van der Waals surface area contributed by atoms with Gasteiger partial charge in [0.2, 0.25) is 0 Å². The van der Waals surface area contributed by atoms with Crippen LogP contribution in [0.1, 0.15) is 78.9 Å². The van der Waals surface area contributed by atoms with Crippen molar-refractivity contribution in [3.05, 3.63) is 70.6 Å². The highest BCUT2D eigenvalue weighted by Crippen LogP contribution is 2.31. The van der Waals surface area contributed by atoms with Gasteiger partial charge in [0.25, 0.3) is 0 Å². The van der Waals surface area contributed by atoms with Crippen LogP contribution >= 0.6 is 11.6 Å². The number of halogens is 2. The number of allylic oxidation sites excluding steroid dienone is 1. The highest BCUT2D eigenvalue weighted by molar-refractivity contribution is 6.30. The smallest absolute Gasteiger partial charge is 0.128 e. The van der Waals surface area contributed by atoms with E-state index in [-0.39, 0.29) is 11.6 Å². The van der Waals surface area contributed by atoms with Gasteiger partial charge in [0.05, 0.1) is 0 Å². The lowest BCUT2D eigenvalue weighted by atomic mass is 10.0. The number of phenols is 1. The van der Waals surface area contributed by atoms with E-state index in [0.717, 1.165) is 47.6 Å². The van der Waals surface area contributed by atoms with Crippen molar-refractivity contribution < 1.29 is 9.50 Å². The summed E-state index contributed by atoms with van der Waals surface area (Å²) in [6.45, 7) is 18.2. The zero-order valence-corrected chi connectivity index (χ0v) is 24.8. The predicted molar refractivity (Wildman–Crippen MR) is 161 cm³/mol. The quantitative estimate of drug-likeness (QED) is 0.238. The second-order valence-electron chi connectivity index (χ2n) is 8.96. The SMILES string of the molecule is C#CC(CC)CCC.C=C(C)N(C(C)=NC)c1ccc(O)cc1.CC.CC1Cc2cc(Cl)cc(F)c2C1. The van der Waals surface area contributed by atoms with Crippen molar-refractivity contribution in [3.63, 3.8) is 0 Å². The van der Waals surface area contributed by atoms with Gasteiger partial charge < -0.3 is 10.0 Å². The number of rotatable bonds is 5. The molecule has 1 aliphatic carbocycles. The van der Waals surface area contributed by atoms with Gasteiger partial charge in [-0.2, -0.15) is 0 Å². The van der Waals surface area contributed by atoms with Crippen LogP contribution < -0.4 is 4.90 Å². The lowest BCUT2D eigenvalue weighted by molar-refractivity contribution is 0.475. The molecule has 0 radical (unpaired) electrons. The van der Waals surface area contributed by atoms with Crippen LogP contribution in [-0.4, -0.2) is 18.0 Å². The molecule has 0 amide bonds. The first-order chi connectivity index (χ1) is 17.6. The number of amidine groups is 1. The lowest BCUT2D eigenvalue weighted by Crippen LogP contribution is -2.25. The molecule has 3 rings (SSSR count). The summed E-state index contributed by atoms with van der Waals surface area (Å²) in [4.78, 5) is 6.06. The van der Waals surface area contributed by atoms with Gasteiger partial charge in [-0.15, -0.1) is 12.3 Å². The molecule has 0 heterocycles. The summed E-state index contributed by atoms with van der Waals surface area (Å²) in [5.74, 6) is 4.83. The standard InChI is InChI=1S/C12H16N2O.C10H10ClF.C8H14.C2H6/c1-9(2)14(10(3)13-4)11-5-7-12(15)8-6-11;1-6-2-7-4-8(11)5-10(12)9(7)3-6;1-4-7-8(5-2)6-3;1-2/h5-8,15H,1H2,2-4H3;4-6H,2-3H2,1H3;2,8H,4,6-7H2,1,3H3;1-2H3. The molecule has 3 nitrogen and oxygen atoms in total. The second kappa shape index (κ2) is 18.5. The van der Waals surface area contributed by atoms with Crippen molar-refractivity contribution in [1.82, 2.24) is 0 Å².